The van der Waals surface area contributed by atoms with Crippen LogP contribution in [0.25, 0.3) is 0 Å². The number of carbonyl (C=O) groups is 2. The van der Waals surface area contributed by atoms with Gasteiger partial charge in [0.2, 0.25) is 0 Å². The Morgan fingerprint density at radius 1 is 1.53 bits per heavy atom. The van der Waals surface area contributed by atoms with E-state index in [4.69, 9.17) is 9.47 Å². The maximum Gasteiger partial charge on any atom is 0.409 e. The van der Waals surface area contributed by atoms with Crippen LogP contribution in [0.4, 0.5) is 9.59 Å². The second-order valence-corrected chi connectivity index (χ2v) is 4.88. The second-order valence-electron chi connectivity index (χ2n) is 4.88. The molecule has 0 aromatic heterocycles. The number of nitrogens with zero attached hydrogens (tertiary/aromatic N) is 1. The van der Waals surface area contributed by atoms with Crippen molar-refractivity contribution in [2.24, 2.45) is 0 Å². The first-order valence-corrected chi connectivity index (χ1v) is 5.77. The molecular weight excluding hydrogens is 224 g/mol. The van der Waals surface area contributed by atoms with Crippen molar-refractivity contribution in [3.63, 3.8) is 0 Å². The summed E-state index contributed by atoms with van der Waals surface area (Å²) >= 11 is 0. The van der Waals surface area contributed by atoms with Crippen LogP contribution < -0.4 is 5.32 Å². The summed E-state index contributed by atoms with van der Waals surface area (Å²) < 4.78 is 9.94. The lowest BCUT2D eigenvalue weighted by Gasteiger charge is -2.26. The number of hydrogen-bond donors (Lipinski definition) is 1. The van der Waals surface area contributed by atoms with E-state index >= 15 is 0 Å². The van der Waals surface area contributed by atoms with Crippen LogP contribution in [-0.4, -0.2) is 48.9 Å². The van der Waals surface area contributed by atoms with Gasteiger partial charge in [0.05, 0.1) is 6.61 Å². The van der Waals surface area contributed by atoms with Gasteiger partial charge in [-0.1, -0.05) is 0 Å². The number of nitrogens with one attached hydrogen (secondary N) is 1. The summed E-state index contributed by atoms with van der Waals surface area (Å²) in [5.74, 6) is 0. The smallest absolute Gasteiger partial charge is 0.409 e. The van der Waals surface area contributed by atoms with Gasteiger partial charge in [0.25, 0.3) is 0 Å². The molecule has 0 saturated carbocycles. The van der Waals surface area contributed by atoms with Gasteiger partial charge in [-0.05, 0) is 27.2 Å². The summed E-state index contributed by atoms with van der Waals surface area (Å²) in [5, 5.41) is 2.60. The van der Waals surface area contributed by atoms with Crippen molar-refractivity contribution in [1.29, 1.82) is 0 Å². The first-order valence-electron chi connectivity index (χ1n) is 5.77. The van der Waals surface area contributed by atoms with Crippen LogP contribution in [0.5, 0.6) is 0 Å². The molecule has 1 N–H and O–H groups in total. The molecule has 6 nitrogen and oxygen atoms in total. The minimum atomic E-state index is -0.506. The largest absolute Gasteiger partial charge is 0.449 e. The summed E-state index contributed by atoms with van der Waals surface area (Å²) in [6.45, 7) is 7.36. The third-order valence-corrected chi connectivity index (χ3v) is 2.11. The Morgan fingerprint density at radius 2 is 2.24 bits per heavy atom. The molecule has 17 heavy (non-hydrogen) atoms. The maximum absolute atomic E-state index is 11.3. The third-order valence-electron chi connectivity index (χ3n) is 2.11. The quantitative estimate of drug-likeness (QED) is 0.813. The lowest BCUT2D eigenvalue weighted by Crippen LogP contribution is -2.43. The molecule has 1 aliphatic rings. The Hall–Kier alpha value is -1.46. The molecule has 0 unspecified atom stereocenters. The van der Waals surface area contributed by atoms with Gasteiger partial charge < -0.3 is 19.7 Å². The number of amides is 2. The molecule has 1 fully saturated rings. The molecule has 0 aliphatic carbocycles. The molecule has 1 saturated heterocycles. The zero-order chi connectivity index (χ0) is 12.9. The molecule has 0 radical (unpaired) electrons. The van der Waals surface area contributed by atoms with E-state index < -0.39 is 11.7 Å². The molecule has 2 amide bonds. The third kappa shape index (κ3) is 5.42. The lowest BCUT2D eigenvalue weighted by molar-refractivity contribution is 0.0499. The average molecular weight is 244 g/mol. The number of carbonyl (C=O) groups excluding carboxylic acids is 2. The van der Waals surface area contributed by atoms with Crippen molar-refractivity contribution >= 4 is 12.2 Å². The number of cyclic esters (lactones) is 1. The fourth-order valence-corrected chi connectivity index (χ4v) is 1.41. The first-order chi connectivity index (χ1) is 7.88. The van der Waals surface area contributed by atoms with Gasteiger partial charge in [0.15, 0.2) is 0 Å². The molecule has 0 bridgehead atoms. The Bertz CT molecular complexity index is 286. The molecule has 0 spiro atoms. The van der Waals surface area contributed by atoms with Crippen molar-refractivity contribution in [2.75, 3.05) is 26.2 Å². The van der Waals surface area contributed by atoms with Gasteiger partial charge in [0.1, 0.15) is 5.60 Å². The van der Waals surface area contributed by atoms with E-state index in [1.54, 1.807) is 25.7 Å². The SMILES string of the molecule is CC(C)(C)OC(=O)NCCN1CCCOC1=O. The van der Waals surface area contributed by atoms with Crippen LogP contribution in [0.1, 0.15) is 27.2 Å². The molecule has 0 aromatic rings. The van der Waals surface area contributed by atoms with Crippen LogP contribution in [0, 0.1) is 0 Å². The van der Waals surface area contributed by atoms with E-state index in [0.29, 0.717) is 26.2 Å². The highest BCUT2D eigenvalue weighted by Gasteiger charge is 2.20. The Balaban J connectivity index is 2.19. The molecule has 0 atom stereocenters. The molecule has 1 rings (SSSR count). The predicted octanol–water partition coefficient (Wildman–Crippen LogP) is 1.35. The molecule has 98 valence electrons. The zero-order valence-corrected chi connectivity index (χ0v) is 10.6. The maximum atomic E-state index is 11.3. The van der Waals surface area contributed by atoms with E-state index in [1.807, 2.05) is 0 Å². The van der Waals surface area contributed by atoms with E-state index in [2.05, 4.69) is 5.32 Å². The number of ether oxygens (including phenoxy) is 2. The summed E-state index contributed by atoms with van der Waals surface area (Å²) in [6.07, 6.45) is 0.0446. The Morgan fingerprint density at radius 3 is 2.82 bits per heavy atom. The number of rotatable bonds is 3. The second kappa shape index (κ2) is 5.75. The van der Waals surface area contributed by atoms with Gasteiger partial charge >= 0.3 is 12.2 Å². The monoisotopic (exact) mass is 244 g/mol. The normalized spacial score (nSPS) is 16.4. The Labute approximate surface area is 101 Å². The van der Waals surface area contributed by atoms with Crippen LogP contribution in [0.3, 0.4) is 0 Å². The molecule has 6 heteroatoms. The fourth-order valence-electron chi connectivity index (χ4n) is 1.41. The molecule has 0 aromatic carbocycles. The molecular formula is C11H20N2O4. The van der Waals surface area contributed by atoms with Gasteiger partial charge in [-0.25, -0.2) is 9.59 Å². The van der Waals surface area contributed by atoms with E-state index in [0.717, 1.165) is 6.42 Å². The molecule has 1 heterocycles. The summed E-state index contributed by atoms with van der Waals surface area (Å²) in [4.78, 5) is 24.1. The Kier molecular flexibility index (Phi) is 4.60. The van der Waals surface area contributed by atoms with Gasteiger partial charge in [-0.2, -0.15) is 0 Å². The van der Waals surface area contributed by atoms with Crippen LogP contribution >= 0.6 is 0 Å². The first kappa shape index (κ1) is 13.6. The number of hydrogen-bond acceptors (Lipinski definition) is 4. The van der Waals surface area contributed by atoms with Crippen molar-refractivity contribution in [1.82, 2.24) is 10.2 Å². The molecule has 1 aliphatic heterocycles. The summed E-state index contributed by atoms with van der Waals surface area (Å²) in [5.41, 5.74) is -0.506. The predicted molar refractivity (Wildman–Crippen MR) is 61.8 cm³/mol. The highest BCUT2D eigenvalue weighted by molar-refractivity contribution is 5.69. The number of alkyl carbamates (subject to hydrolysis) is 1. The minimum Gasteiger partial charge on any atom is -0.449 e. The van der Waals surface area contributed by atoms with Crippen LogP contribution in [-0.2, 0) is 9.47 Å². The van der Waals surface area contributed by atoms with Crippen molar-refractivity contribution in [2.45, 2.75) is 32.8 Å². The van der Waals surface area contributed by atoms with Crippen LogP contribution in [0.15, 0.2) is 0 Å². The standard InChI is InChI=1S/C11H20N2O4/c1-11(2,3)17-9(14)12-5-7-13-6-4-8-16-10(13)15/h4-8H2,1-3H3,(H,12,14). The van der Waals surface area contributed by atoms with Crippen molar-refractivity contribution in [3.8, 4) is 0 Å². The van der Waals surface area contributed by atoms with Gasteiger partial charge in [-0.15, -0.1) is 0 Å². The zero-order valence-electron chi connectivity index (χ0n) is 10.6. The topological polar surface area (TPSA) is 67.9 Å². The summed E-state index contributed by atoms with van der Waals surface area (Å²) in [7, 11) is 0. The van der Waals surface area contributed by atoms with E-state index in [9.17, 15) is 9.59 Å². The van der Waals surface area contributed by atoms with Gasteiger partial charge in [-0.3, -0.25) is 0 Å². The average Bonchev–Trinajstić information content (AvgIpc) is 2.18. The highest BCUT2D eigenvalue weighted by Crippen LogP contribution is 2.06. The minimum absolute atomic E-state index is 0.317. The lowest BCUT2D eigenvalue weighted by atomic mass is 10.2. The van der Waals surface area contributed by atoms with Crippen molar-refractivity contribution in [3.05, 3.63) is 0 Å². The highest BCUT2D eigenvalue weighted by atomic mass is 16.6. The van der Waals surface area contributed by atoms with E-state index in [1.165, 1.54) is 0 Å². The summed E-state index contributed by atoms with van der Waals surface area (Å²) in [6, 6.07) is 0. The van der Waals surface area contributed by atoms with Gasteiger partial charge in [0, 0.05) is 19.6 Å². The van der Waals surface area contributed by atoms with Crippen LogP contribution in [0.2, 0.25) is 0 Å². The van der Waals surface area contributed by atoms with E-state index in [-0.39, 0.29) is 6.09 Å². The fraction of sp³-hybridized carbons (Fsp3) is 0.818. The van der Waals surface area contributed by atoms with Crippen molar-refractivity contribution < 1.29 is 19.1 Å².